The number of ether oxygens (including phenoxy) is 1. The van der Waals surface area contributed by atoms with Gasteiger partial charge in [0.15, 0.2) is 0 Å². The number of hydrogen-bond donors (Lipinski definition) is 3. The Balaban J connectivity index is 1.68. The van der Waals surface area contributed by atoms with Crippen LogP contribution in [0.4, 0.5) is 4.79 Å². The number of carbonyl (C=O) groups excluding carboxylic acids is 1. The summed E-state index contributed by atoms with van der Waals surface area (Å²) < 4.78 is 27.5. The second-order valence-electron chi connectivity index (χ2n) is 5.72. The SMILES string of the molecule is COc1cccc(CCNC(=O)NCCc2ccc(S(N)(=O)=O)cc2)c1. The van der Waals surface area contributed by atoms with Crippen LogP contribution < -0.4 is 20.5 Å². The summed E-state index contributed by atoms with van der Waals surface area (Å²) in [6.07, 6.45) is 1.30. The molecule has 140 valence electrons. The first kappa shape index (κ1) is 19.7. The van der Waals surface area contributed by atoms with Crippen LogP contribution in [0.25, 0.3) is 0 Å². The number of benzene rings is 2. The zero-order chi connectivity index (χ0) is 19.0. The highest BCUT2D eigenvalue weighted by atomic mass is 32.2. The van der Waals surface area contributed by atoms with Crippen molar-refractivity contribution >= 4 is 16.1 Å². The van der Waals surface area contributed by atoms with Crippen LogP contribution in [0, 0.1) is 0 Å². The molecular formula is C18H23N3O4S. The number of nitrogens with one attached hydrogen (secondary N) is 2. The largest absolute Gasteiger partial charge is 0.497 e. The number of methoxy groups -OCH3 is 1. The molecule has 7 nitrogen and oxygen atoms in total. The van der Waals surface area contributed by atoms with Crippen LogP contribution in [0.5, 0.6) is 5.75 Å². The number of urea groups is 1. The molecule has 0 fully saturated rings. The van der Waals surface area contributed by atoms with Crippen LogP contribution >= 0.6 is 0 Å². The molecular weight excluding hydrogens is 354 g/mol. The fourth-order valence-corrected chi connectivity index (χ4v) is 2.89. The molecule has 0 saturated carbocycles. The van der Waals surface area contributed by atoms with Crippen molar-refractivity contribution in [2.45, 2.75) is 17.7 Å². The predicted molar refractivity (Wildman–Crippen MR) is 99.6 cm³/mol. The zero-order valence-corrected chi connectivity index (χ0v) is 15.4. The van der Waals surface area contributed by atoms with E-state index in [9.17, 15) is 13.2 Å². The third kappa shape index (κ3) is 6.38. The predicted octanol–water partition coefficient (Wildman–Crippen LogP) is 1.43. The standard InChI is InChI=1S/C18H23N3O4S/c1-25-16-4-2-3-15(13-16)10-12-21-18(22)20-11-9-14-5-7-17(8-6-14)26(19,23)24/h2-8,13H,9-12H2,1H3,(H2,19,23,24)(H2,20,21,22). The smallest absolute Gasteiger partial charge is 0.314 e. The highest BCUT2D eigenvalue weighted by Gasteiger charge is 2.07. The molecule has 0 aliphatic carbocycles. The summed E-state index contributed by atoms with van der Waals surface area (Å²) in [5.41, 5.74) is 1.99. The number of hydrogen-bond acceptors (Lipinski definition) is 4. The van der Waals surface area contributed by atoms with Crippen molar-refractivity contribution < 1.29 is 17.9 Å². The van der Waals surface area contributed by atoms with Gasteiger partial charge < -0.3 is 15.4 Å². The lowest BCUT2D eigenvalue weighted by molar-refractivity contribution is 0.241. The van der Waals surface area contributed by atoms with Gasteiger partial charge in [-0.05, 0) is 48.2 Å². The van der Waals surface area contributed by atoms with Crippen molar-refractivity contribution in [3.8, 4) is 5.75 Å². The normalized spacial score (nSPS) is 11.0. The van der Waals surface area contributed by atoms with Gasteiger partial charge in [-0.15, -0.1) is 0 Å². The topological polar surface area (TPSA) is 111 Å². The molecule has 0 radical (unpaired) electrons. The first-order chi connectivity index (χ1) is 12.4. The van der Waals surface area contributed by atoms with E-state index >= 15 is 0 Å². The molecule has 0 aromatic heterocycles. The first-order valence-corrected chi connectivity index (χ1v) is 9.69. The summed E-state index contributed by atoms with van der Waals surface area (Å²) in [5, 5.41) is 10.6. The summed E-state index contributed by atoms with van der Waals surface area (Å²) in [6.45, 7) is 0.960. The Labute approximate surface area is 153 Å². The van der Waals surface area contributed by atoms with Gasteiger partial charge in [-0.3, -0.25) is 0 Å². The van der Waals surface area contributed by atoms with Gasteiger partial charge >= 0.3 is 6.03 Å². The van der Waals surface area contributed by atoms with E-state index in [2.05, 4.69) is 10.6 Å². The van der Waals surface area contributed by atoms with Crippen molar-refractivity contribution in [2.75, 3.05) is 20.2 Å². The first-order valence-electron chi connectivity index (χ1n) is 8.15. The molecule has 0 atom stereocenters. The van der Waals surface area contributed by atoms with Gasteiger partial charge in [0.25, 0.3) is 0 Å². The molecule has 2 amide bonds. The maximum atomic E-state index is 11.8. The minimum atomic E-state index is -3.68. The van der Waals surface area contributed by atoms with Crippen LogP contribution in [0.1, 0.15) is 11.1 Å². The minimum Gasteiger partial charge on any atom is -0.497 e. The number of rotatable bonds is 8. The number of primary sulfonamides is 1. The lowest BCUT2D eigenvalue weighted by Gasteiger charge is -2.09. The molecule has 2 aromatic carbocycles. The summed E-state index contributed by atoms with van der Waals surface area (Å²) in [5.74, 6) is 0.792. The number of amides is 2. The van der Waals surface area contributed by atoms with Crippen molar-refractivity contribution in [3.63, 3.8) is 0 Å². The van der Waals surface area contributed by atoms with E-state index in [1.54, 1.807) is 19.2 Å². The van der Waals surface area contributed by atoms with Crippen molar-refractivity contribution in [1.29, 1.82) is 0 Å². The van der Waals surface area contributed by atoms with E-state index in [4.69, 9.17) is 9.88 Å². The fraction of sp³-hybridized carbons (Fsp3) is 0.278. The van der Waals surface area contributed by atoms with E-state index < -0.39 is 10.0 Å². The summed E-state index contributed by atoms with van der Waals surface area (Å²) in [6, 6.07) is 13.7. The van der Waals surface area contributed by atoms with Gasteiger partial charge in [0.1, 0.15) is 5.75 Å². The highest BCUT2D eigenvalue weighted by molar-refractivity contribution is 7.89. The molecule has 8 heteroatoms. The molecule has 0 aliphatic heterocycles. The van der Waals surface area contributed by atoms with Gasteiger partial charge in [-0.25, -0.2) is 18.4 Å². The second-order valence-corrected chi connectivity index (χ2v) is 7.28. The number of nitrogens with two attached hydrogens (primary N) is 1. The van der Waals surface area contributed by atoms with Crippen molar-refractivity contribution in [3.05, 3.63) is 59.7 Å². The number of sulfonamides is 1. The summed E-state index contributed by atoms with van der Waals surface area (Å²) >= 11 is 0. The molecule has 0 unspecified atom stereocenters. The maximum Gasteiger partial charge on any atom is 0.314 e. The van der Waals surface area contributed by atoms with Crippen molar-refractivity contribution in [1.82, 2.24) is 10.6 Å². The van der Waals surface area contributed by atoms with E-state index in [0.29, 0.717) is 25.9 Å². The van der Waals surface area contributed by atoms with Crippen LogP contribution in [0.15, 0.2) is 53.4 Å². The Morgan fingerprint density at radius 2 is 1.62 bits per heavy atom. The summed E-state index contributed by atoms with van der Waals surface area (Å²) in [4.78, 5) is 11.9. The van der Waals surface area contributed by atoms with E-state index in [-0.39, 0.29) is 10.9 Å². The molecule has 26 heavy (non-hydrogen) atoms. The van der Waals surface area contributed by atoms with E-state index in [1.807, 2.05) is 24.3 Å². The Kier molecular flexibility index (Phi) is 6.99. The average Bonchev–Trinajstić information content (AvgIpc) is 2.61. The molecule has 0 heterocycles. The Morgan fingerprint density at radius 1 is 1.00 bits per heavy atom. The van der Waals surface area contributed by atoms with Gasteiger partial charge in [0, 0.05) is 13.1 Å². The van der Waals surface area contributed by atoms with Crippen LogP contribution in [-0.2, 0) is 22.9 Å². The average molecular weight is 377 g/mol. The Morgan fingerprint density at radius 3 is 2.19 bits per heavy atom. The van der Waals surface area contributed by atoms with Crippen LogP contribution in [0.3, 0.4) is 0 Å². The van der Waals surface area contributed by atoms with Gasteiger partial charge in [0.2, 0.25) is 10.0 Å². The quantitative estimate of drug-likeness (QED) is 0.646. The third-order valence-corrected chi connectivity index (χ3v) is 4.71. The molecule has 0 aliphatic rings. The van der Waals surface area contributed by atoms with E-state index in [1.165, 1.54) is 12.1 Å². The van der Waals surface area contributed by atoms with Crippen LogP contribution in [0.2, 0.25) is 0 Å². The minimum absolute atomic E-state index is 0.0736. The summed E-state index contributed by atoms with van der Waals surface area (Å²) in [7, 11) is -2.06. The Bertz CT molecular complexity index is 836. The Hall–Kier alpha value is -2.58. The van der Waals surface area contributed by atoms with Crippen LogP contribution in [-0.4, -0.2) is 34.6 Å². The lowest BCUT2D eigenvalue weighted by Crippen LogP contribution is -2.37. The molecule has 0 saturated heterocycles. The molecule has 0 bridgehead atoms. The third-order valence-electron chi connectivity index (χ3n) is 3.78. The molecule has 4 N–H and O–H groups in total. The zero-order valence-electron chi connectivity index (χ0n) is 14.6. The second kappa shape index (κ2) is 9.21. The lowest BCUT2D eigenvalue weighted by atomic mass is 10.1. The monoisotopic (exact) mass is 377 g/mol. The van der Waals surface area contributed by atoms with Gasteiger partial charge in [-0.2, -0.15) is 0 Å². The van der Waals surface area contributed by atoms with Crippen molar-refractivity contribution in [2.24, 2.45) is 5.14 Å². The highest BCUT2D eigenvalue weighted by Crippen LogP contribution is 2.12. The number of carbonyl (C=O) groups is 1. The maximum absolute atomic E-state index is 11.8. The van der Waals surface area contributed by atoms with Gasteiger partial charge in [0.05, 0.1) is 12.0 Å². The molecule has 2 rings (SSSR count). The van der Waals surface area contributed by atoms with Gasteiger partial charge in [-0.1, -0.05) is 24.3 Å². The molecule has 2 aromatic rings. The fourth-order valence-electron chi connectivity index (χ4n) is 2.38. The molecule has 0 spiro atoms. The van der Waals surface area contributed by atoms with E-state index in [0.717, 1.165) is 16.9 Å².